The Labute approximate surface area is 412 Å². The van der Waals surface area contributed by atoms with Crippen molar-refractivity contribution in [3.8, 4) is 0 Å². The molecule has 0 rings (SSSR count). The number of carbonyl (C=O) groups is 2. The van der Waals surface area contributed by atoms with Crippen LogP contribution in [0.5, 0.6) is 0 Å². The number of nitrogens with one attached hydrogen (secondary N) is 1. The van der Waals surface area contributed by atoms with Crippen molar-refractivity contribution in [2.24, 2.45) is 0 Å². The van der Waals surface area contributed by atoms with Crippen molar-refractivity contribution in [3.05, 3.63) is 12.2 Å². The van der Waals surface area contributed by atoms with Gasteiger partial charge in [0.1, 0.15) is 0 Å². The molecule has 0 aromatic carbocycles. The van der Waals surface area contributed by atoms with Crippen molar-refractivity contribution in [1.82, 2.24) is 5.32 Å². The summed E-state index contributed by atoms with van der Waals surface area (Å²) in [6.07, 6.45) is 66.3. The van der Waals surface area contributed by atoms with Crippen LogP contribution < -0.4 is 5.32 Å². The molecule has 3 N–H and O–H groups in total. The van der Waals surface area contributed by atoms with Crippen LogP contribution in [0.1, 0.15) is 335 Å². The van der Waals surface area contributed by atoms with Crippen molar-refractivity contribution in [3.63, 3.8) is 0 Å². The first kappa shape index (κ1) is 64.6. The highest BCUT2D eigenvalue weighted by atomic mass is 16.5. The minimum Gasteiger partial charge on any atom is -0.466 e. The molecule has 0 radical (unpaired) electrons. The molecule has 66 heavy (non-hydrogen) atoms. The van der Waals surface area contributed by atoms with Gasteiger partial charge >= 0.3 is 5.97 Å². The Morgan fingerprint density at radius 2 is 0.712 bits per heavy atom. The van der Waals surface area contributed by atoms with Crippen molar-refractivity contribution in [1.29, 1.82) is 0 Å². The third kappa shape index (κ3) is 52.0. The SMILES string of the molecule is CCCCCCCCC/C=C\CCCCCCCCCC(=O)OCCCCCCCCCCCCC(=O)NC(CO)C(O)CCCCCCCCCCCCCCCCCCCCCCC. The normalized spacial score (nSPS) is 12.6. The average molecular weight is 933 g/mol. The summed E-state index contributed by atoms with van der Waals surface area (Å²) in [6.45, 7) is 4.93. The average Bonchev–Trinajstić information content (AvgIpc) is 3.32. The van der Waals surface area contributed by atoms with Crippen LogP contribution >= 0.6 is 0 Å². The van der Waals surface area contributed by atoms with Crippen molar-refractivity contribution < 1.29 is 24.5 Å². The van der Waals surface area contributed by atoms with E-state index in [0.717, 1.165) is 57.8 Å². The van der Waals surface area contributed by atoms with E-state index in [0.29, 0.717) is 25.9 Å². The molecule has 0 heterocycles. The Morgan fingerprint density at radius 3 is 1.08 bits per heavy atom. The van der Waals surface area contributed by atoms with Crippen molar-refractivity contribution in [2.75, 3.05) is 13.2 Å². The smallest absolute Gasteiger partial charge is 0.305 e. The lowest BCUT2D eigenvalue weighted by Gasteiger charge is -2.22. The quantitative estimate of drug-likeness (QED) is 0.0321. The van der Waals surface area contributed by atoms with E-state index in [2.05, 4.69) is 31.3 Å². The maximum Gasteiger partial charge on any atom is 0.305 e. The summed E-state index contributed by atoms with van der Waals surface area (Å²) in [4.78, 5) is 24.6. The van der Waals surface area contributed by atoms with E-state index in [-0.39, 0.29) is 18.5 Å². The molecule has 0 aromatic rings. The van der Waals surface area contributed by atoms with Crippen LogP contribution in [0.25, 0.3) is 0 Å². The van der Waals surface area contributed by atoms with Crippen LogP contribution in [0.3, 0.4) is 0 Å². The minimum absolute atomic E-state index is 0.0204. The molecule has 1 amide bonds. The molecular formula is C60H117NO5. The van der Waals surface area contributed by atoms with Gasteiger partial charge < -0.3 is 20.3 Å². The molecule has 6 nitrogen and oxygen atoms in total. The fourth-order valence-electron chi connectivity index (χ4n) is 9.46. The van der Waals surface area contributed by atoms with Crippen LogP contribution in [0.4, 0.5) is 0 Å². The Hall–Kier alpha value is -1.40. The number of rotatable bonds is 56. The highest BCUT2D eigenvalue weighted by Gasteiger charge is 2.20. The fourth-order valence-corrected chi connectivity index (χ4v) is 9.46. The van der Waals surface area contributed by atoms with Gasteiger partial charge in [-0.25, -0.2) is 0 Å². The van der Waals surface area contributed by atoms with Gasteiger partial charge in [-0.15, -0.1) is 0 Å². The highest BCUT2D eigenvalue weighted by Crippen LogP contribution is 2.18. The monoisotopic (exact) mass is 932 g/mol. The van der Waals surface area contributed by atoms with E-state index in [9.17, 15) is 19.8 Å². The number of carbonyl (C=O) groups excluding carboxylic acids is 2. The second-order valence-electron chi connectivity index (χ2n) is 20.7. The lowest BCUT2D eigenvalue weighted by molar-refractivity contribution is -0.143. The number of esters is 1. The molecule has 0 saturated carbocycles. The van der Waals surface area contributed by atoms with E-state index in [4.69, 9.17) is 4.74 Å². The van der Waals surface area contributed by atoms with Crippen LogP contribution in [0.15, 0.2) is 12.2 Å². The molecular weight excluding hydrogens is 815 g/mol. The summed E-state index contributed by atoms with van der Waals surface area (Å²) in [7, 11) is 0. The molecule has 0 aliphatic carbocycles. The first-order valence-electron chi connectivity index (χ1n) is 29.9. The molecule has 0 bridgehead atoms. The van der Waals surface area contributed by atoms with Gasteiger partial charge in [-0.3, -0.25) is 9.59 Å². The zero-order valence-corrected chi connectivity index (χ0v) is 44.7. The number of hydrogen-bond donors (Lipinski definition) is 3. The third-order valence-corrected chi connectivity index (χ3v) is 14.1. The van der Waals surface area contributed by atoms with Crippen LogP contribution in [0, 0.1) is 0 Å². The first-order chi connectivity index (χ1) is 32.5. The Kier molecular flexibility index (Phi) is 55.0. The molecule has 392 valence electrons. The summed E-state index contributed by atoms with van der Waals surface area (Å²) in [5, 5.41) is 23.3. The van der Waals surface area contributed by atoms with E-state index in [1.165, 1.54) is 244 Å². The van der Waals surface area contributed by atoms with E-state index in [1.807, 2.05) is 0 Å². The predicted molar refractivity (Wildman–Crippen MR) is 287 cm³/mol. The van der Waals surface area contributed by atoms with E-state index < -0.39 is 12.1 Å². The van der Waals surface area contributed by atoms with Gasteiger partial charge in [0, 0.05) is 12.8 Å². The molecule has 6 heteroatoms. The first-order valence-corrected chi connectivity index (χ1v) is 29.9. The number of amides is 1. The summed E-state index contributed by atoms with van der Waals surface area (Å²) in [6, 6.07) is -0.559. The van der Waals surface area contributed by atoms with Gasteiger partial charge in [-0.2, -0.15) is 0 Å². The summed E-state index contributed by atoms with van der Waals surface area (Å²) >= 11 is 0. The maximum atomic E-state index is 12.5. The van der Waals surface area contributed by atoms with Gasteiger partial charge in [-0.05, 0) is 51.4 Å². The zero-order valence-electron chi connectivity index (χ0n) is 44.7. The third-order valence-electron chi connectivity index (χ3n) is 14.1. The van der Waals surface area contributed by atoms with E-state index >= 15 is 0 Å². The Bertz CT molecular complexity index is 986. The number of aliphatic hydroxyl groups is 2. The fraction of sp³-hybridized carbons (Fsp3) is 0.933. The van der Waals surface area contributed by atoms with Crippen LogP contribution in [-0.2, 0) is 14.3 Å². The minimum atomic E-state index is -0.679. The highest BCUT2D eigenvalue weighted by molar-refractivity contribution is 5.76. The predicted octanol–water partition coefficient (Wildman–Crippen LogP) is 18.5. The van der Waals surface area contributed by atoms with Gasteiger partial charge in [0.15, 0.2) is 0 Å². The molecule has 0 fully saturated rings. The van der Waals surface area contributed by atoms with Gasteiger partial charge in [0.25, 0.3) is 0 Å². The number of hydrogen-bond acceptors (Lipinski definition) is 5. The molecule has 0 saturated heterocycles. The number of unbranched alkanes of at least 4 members (excludes halogenated alkanes) is 43. The standard InChI is InChI=1S/C60H117NO5/c1-3-5-7-9-11-13-15-17-19-21-23-24-25-26-28-30-32-36-40-44-48-52-58(63)57(56-62)61-59(64)53-49-45-41-37-34-35-39-43-47-51-55-66-60(65)54-50-46-42-38-33-31-29-27-22-20-18-16-14-12-10-8-6-4-2/h20,22,57-58,62-63H,3-19,21,23-56H2,1-2H3,(H,61,64)/b22-20-. The van der Waals surface area contributed by atoms with Gasteiger partial charge in [0.2, 0.25) is 5.91 Å². The largest absolute Gasteiger partial charge is 0.466 e. The Morgan fingerprint density at radius 1 is 0.409 bits per heavy atom. The summed E-state index contributed by atoms with van der Waals surface area (Å²) < 4.78 is 5.48. The molecule has 0 aromatic heterocycles. The van der Waals surface area contributed by atoms with Crippen LogP contribution in [0.2, 0.25) is 0 Å². The second-order valence-corrected chi connectivity index (χ2v) is 20.7. The Balaban J connectivity index is 3.45. The van der Waals surface area contributed by atoms with Crippen LogP contribution in [-0.4, -0.2) is 47.4 Å². The van der Waals surface area contributed by atoms with E-state index in [1.54, 1.807) is 0 Å². The van der Waals surface area contributed by atoms with Crippen molar-refractivity contribution >= 4 is 11.9 Å². The van der Waals surface area contributed by atoms with Gasteiger partial charge in [-0.1, -0.05) is 283 Å². The second kappa shape index (κ2) is 56.2. The molecule has 2 atom stereocenters. The molecule has 0 aliphatic heterocycles. The lowest BCUT2D eigenvalue weighted by Crippen LogP contribution is -2.45. The number of ether oxygens (including phenoxy) is 1. The molecule has 2 unspecified atom stereocenters. The zero-order chi connectivity index (χ0) is 47.9. The summed E-state index contributed by atoms with van der Waals surface area (Å²) in [5.41, 5.74) is 0. The maximum absolute atomic E-state index is 12.5. The van der Waals surface area contributed by atoms with Gasteiger partial charge in [0.05, 0.1) is 25.4 Å². The molecule has 0 spiro atoms. The lowest BCUT2D eigenvalue weighted by atomic mass is 10.0. The summed E-state index contributed by atoms with van der Waals surface area (Å²) in [5.74, 6) is -0.0745. The molecule has 0 aliphatic rings. The number of aliphatic hydroxyl groups excluding tert-OH is 2. The topological polar surface area (TPSA) is 95.9 Å². The number of allylic oxidation sites excluding steroid dienone is 2. The van der Waals surface area contributed by atoms with Crippen molar-refractivity contribution in [2.45, 2.75) is 347 Å².